The van der Waals surface area contributed by atoms with E-state index in [0.717, 1.165) is 17.1 Å². The Morgan fingerprint density at radius 1 is 1.17 bits per heavy atom. The molecule has 30 heavy (non-hydrogen) atoms. The van der Waals surface area contributed by atoms with Gasteiger partial charge >= 0.3 is 6.09 Å². The fourth-order valence-electron chi connectivity index (χ4n) is 3.35. The zero-order chi connectivity index (χ0) is 21.6. The molecular formula is C22H32N2O6. The van der Waals surface area contributed by atoms with E-state index in [2.05, 4.69) is 5.32 Å². The first-order chi connectivity index (χ1) is 14.3. The minimum Gasteiger partial charge on any atom is -0.486 e. The third kappa shape index (κ3) is 6.34. The summed E-state index contributed by atoms with van der Waals surface area (Å²) in [4.78, 5) is 26.6. The van der Waals surface area contributed by atoms with Gasteiger partial charge in [-0.15, -0.1) is 0 Å². The van der Waals surface area contributed by atoms with Gasteiger partial charge in [0.2, 0.25) is 5.91 Å². The van der Waals surface area contributed by atoms with Gasteiger partial charge in [0.15, 0.2) is 11.5 Å². The van der Waals surface area contributed by atoms with Crippen LogP contribution in [0.5, 0.6) is 11.5 Å². The van der Waals surface area contributed by atoms with E-state index in [0.29, 0.717) is 58.9 Å². The van der Waals surface area contributed by atoms with Gasteiger partial charge in [0, 0.05) is 19.7 Å². The lowest BCUT2D eigenvalue weighted by Crippen LogP contribution is -2.45. The second-order valence-electron chi connectivity index (χ2n) is 8.54. The van der Waals surface area contributed by atoms with E-state index < -0.39 is 11.7 Å². The number of ether oxygens (including phenoxy) is 4. The van der Waals surface area contributed by atoms with Gasteiger partial charge in [-0.05, 0) is 57.9 Å². The molecule has 166 valence electrons. The number of imide groups is 1. The minimum atomic E-state index is -0.654. The summed E-state index contributed by atoms with van der Waals surface area (Å²) in [7, 11) is 0. The van der Waals surface area contributed by atoms with E-state index in [1.54, 1.807) is 20.8 Å². The second kappa shape index (κ2) is 10.1. The number of fused-ring (bicyclic) bond motifs is 1. The molecule has 2 aliphatic rings. The topological polar surface area (TPSA) is 86.3 Å². The van der Waals surface area contributed by atoms with Crippen LogP contribution in [0.25, 0.3) is 0 Å². The highest BCUT2D eigenvalue weighted by Gasteiger charge is 2.33. The van der Waals surface area contributed by atoms with Crippen LogP contribution in [0.1, 0.15) is 39.2 Å². The van der Waals surface area contributed by atoms with Gasteiger partial charge in [0.05, 0.1) is 12.5 Å². The number of benzene rings is 1. The quantitative estimate of drug-likeness (QED) is 0.679. The lowest BCUT2D eigenvalue weighted by molar-refractivity contribution is -0.134. The molecule has 1 fully saturated rings. The Bertz CT molecular complexity index is 740. The first kappa shape index (κ1) is 22.4. The predicted molar refractivity (Wildman–Crippen MR) is 111 cm³/mol. The van der Waals surface area contributed by atoms with E-state index in [1.807, 2.05) is 18.2 Å². The van der Waals surface area contributed by atoms with Crippen molar-refractivity contribution in [1.82, 2.24) is 10.2 Å². The number of rotatable bonds is 7. The van der Waals surface area contributed by atoms with Crippen LogP contribution in [0.3, 0.4) is 0 Å². The second-order valence-corrected chi connectivity index (χ2v) is 8.54. The van der Waals surface area contributed by atoms with Crippen LogP contribution in [-0.2, 0) is 20.8 Å². The highest BCUT2D eigenvalue weighted by Crippen LogP contribution is 2.30. The van der Waals surface area contributed by atoms with E-state index in [4.69, 9.17) is 18.9 Å². The van der Waals surface area contributed by atoms with Crippen LogP contribution in [0.2, 0.25) is 0 Å². The van der Waals surface area contributed by atoms with E-state index in [1.165, 1.54) is 4.90 Å². The van der Waals surface area contributed by atoms with Crippen LogP contribution in [0.4, 0.5) is 4.79 Å². The third-order valence-corrected chi connectivity index (χ3v) is 4.83. The maximum Gasteiger partial charge on any atom is 0.417 e. The van der Waals surface area contributed by atoms with Crippen molar-refractivity contribution in [1.29, 1.82) is 0 Å². The molecule has 2 amide bonds. The molecule has 1 unspecified atom stereocenters. The fourth-order valence-corrected chi connectivity index (χ4v) is 3.35. The van der Waals surface area contributed by atoms with Crippen LogP contribution in [0, 0.1) is 5.92 Å². The zero-order valence-electron chi connectivity index (χ0n) is 18.1. The first-order valence-electron chi connectivity index (χ1n) is 10.5. The zero-order valence-corrected chi connectivity index (χ0v) is 18.1. The van der Waals surface area contributed by atoms with Gasteiger partial charge in [-0.3, -0.25) is 4.79 Å². The number of nitrogens with zero attached hydrogens (tertiary/aromatic N) is 1. The Kier molecular flexibility index (Phi) is 7.55. The largest absolute Gasteiger partial charge is 0.486 e. The highest BCUT2D eigenvalue weighted by atomic mass is 16.6. The summed E-state index contributed by atoms with van der Waals surface area (Å²) in [6, 6.07) is 5.88. The van der Waals surface area contributed by atoms with Crippen LogP contribution >= 0.6 is 0 Å². The maximum absolute atomic E-state index is 12.8. The summed E-state index contributed by atoms with van der Waals surface area (Å²) >= 11 is 0. The van der Waals surface area contributed by atoms with Crippen molar-refractivity contribution >= 4 is 12.0 Å². The lowest BCUT2D eigenvalue weighted by atomic mass is 10.1. The monoisotopic (exact) mass is 420 g/mol. The molecule has 8 heteroatoms. The molecule has 0 saturated carbocycles. The maximum atomic E-state index is 12.8. The lowest BCUT2D eigenvalue weighted by Gasteiger charge is -2.27. The van der Waals surface area contributed by atoms with Crippen molar-refractivity contribution in [3.05, 3.63) is 23.8 Å². The average Bonchev–Trinajstić information content (AvgIpc) is 3.23. The molecule has 3 rings (SSSR count). The highest BCUT2D eigenvalue weighted by molar-refractivity contribution is 5.93. The number of carbonyl (C=O) groups is 2. The standard InChI is InChI=1S/C22H32N2O6/c1-22(2,3)30-21(26)24(20(25)17-7-10-27-15-17)9-4-8-23-14-16-5-6-18-19(13-16)29-12-11-28-18/h5-6,13,17,23H,4,7-12,14-15H2,1-3H3. The number of hydrogen-bond donors (Lipinski definition) is 1. The van der Waals surface area contributed by atoms with Gasteiger partial charge in [-0.25, -0.2) is 9.69 Å². The number of carbonyl (C=O) groups excluding carboxylic acids is 2. The Morgan fingerprint density at radius 3 is 2.63 bits per heavy atom. The Morgan fingerprint density at radius 2 is 1.93 bits per heavy atom. The molecule has 0 spiro atoms. The van der Waals surface area contributed by atoms with Crippen molar-refractivity contribution in [2.45, 2.75) is 45.8 Å². The molecule has 0 bridgehead atoms. The van der Waals surface area contributed by atoms with E-state index in [9.17, 15) is 9.59 Å². The summed E-state index contributed by atoms with van der Waals surface area (Å²) in [5.41, 5.74) is 0.431. The molecule has 0 aliphatic carbocycles. The van der Waals surface area contributed by atoms with Crippen molar-refractivity contribution in [2.75, 3.05) is 39.5 Å². The summed E-state index contributed by atoms with van der Waals surface area (Å²) in [6.07, 6.45) is 0.676. The average molecular weight is 421 g/mol. The van der Waals surface area contributed by atoms with Crippen LogP contribution < -0.4 is 14.8 Å². The summed E-state index contributed by atoms with van der Waals surface area (Å²) in [5, 5.41) is 3.35. The van der Waals surface area contributed by atoms with Crippen molar-refractivity contribution in [3.63, 3.8) is 0 Å². The molecule has 1 N–H and O–H groups in total. The molecule has 2 heterocycles. The Hall–Kier alpha value is -2.32. The molecule has 1 saturated heterocycles. The number of nitrogens with one attached hydrogen (secondary N) is 1. The van der Waals surface area contributed by atoms with Gasteiger partial charge in [0.25, 0.3) is 0 Å². The van der Waals surface area contributed by atoms with Gasteiger partial charge in [-0.2, -0.15) is 0 Å². The van der Waals surface area contributed by atoms with Crippen LogP contribution in [-0.4, -0.2) is 62.0 Å². The normalized spacial score (nSPS) is 18.2. The molecule has 0 radical (unpaired) electrons. The van der Waals surface area contributed by atoms with E-state index in [-0.39, 0.29) is 11.8 Å². The molecule has 0 aromatic heterocycles. The van der Waals surface area contributed by atoms with Gasteiger partial charge in [0.1, 0.15) is 18.8 Å². The van der Waals surface area contributed by atoms with Gasteiger partial charge in [-0.1, -0.05) is 6.07 Å². The molecule has 1 atom stereocenters. The van der Waals surface area contributed by atoms with Gasteiger partial charge < -0.3 is 24.3 Å². The molecular weight excluding hydrogens is 388 g/mol. The smallest absolute Gasteiger partial charge is 0.417 e. The van der Waals surface area contributed by atoms with E-state index >= 15 is 0 Å². The SMILES string of the molecule is CC(C)(C)OC(=O)N(CCCNCc1ccc2c(c1)OCCO2)C(=O)C1CCOC1. The molecule has 1 aromatic rings. The van der Waals surface area contributed by atoms with Crippen molar-refractivity contribution < 1.29 is 28.5 Å². The van der Waals surface area contributed by atoms with Crippen molar-refractivity contribution in [3.8, 4) is 11.5 Å². The Balaban J connectivity index is 1.48. The van der Waals surface area contributed by atoms with Crippen molar-refractivity contribution in [2.24, 2.45) is 5.92 Å². The summed E-state index contributed by atoms with van der Waals surface area (Å²) < 4.78 is 21.9. The minimum absolute atomic E-state index is 0.214. The Labute approximate surface area is 177 Å². The molecule has 1 aromatic carbocycles. The molecule has 8 nitrogen and oxygen atoms in total. The number of amides is 2. The predicted octanol–water partition coefficient (Wildman–Crippen LogP) is 2.74. The summed E-state index contributed by atoms with van der Waals surface area (Å²) in [6.45, 7) is 9.04. The summed E-state index contributed by atoms with van der Waals surface area (Å²) in [5.74, 6) is 1.05. The molecule has 2 aliphatic heterocycles. The first-order valence-corrected chi connectivity index (χ1v) is 10.5. The van der Waals surface area contributed by atoms with Crippen LogP contribution in [0.15, 0.2) is 18.2 Å². The fraction of sp³-hybridized carbons (Fsp3) is 0.636. The number of hydrogen-bond acceptors (Lipinski definition) is 7. The third-order valence-electron chi connectivity index (χ3n) is 4.83.